The van der Waals surface area contributed by atoms with Gasteiger partial charge in [-0.15, -0.1) is 0 Å². The summed E-state index contributed by atoms with van der Waals surface area (Å²) in [4.78, 5) is 13.2. The van der Waals surface area contributed by atoms with Crippen LogP contribution in [0.4, 0.5) is 0 Å². The lowest BCUT2D eigenvalue weighted by molar-refractivity contribution is 0.0765. The van der Waals surface area contributed by atoms with Crippen LogP contribution in [0, 0.1) is 13.8 Å². The molecule has 0 bridgehead atoms. The number of imidazole rings is 1. The first kappa shape index (κ1) is 15.5. The summed E-state index contributed by atoms with van der Waals surface area (Å²) in [7, 11) is 2.02. The molecule has 1 saturated heterocycles. The first-order valence-corrected chi connectivity index (χ1v) is 7.68. The molecule has 2 N–H and O–H groups in total. The molecule has 0 amide bonds. The molecule has 1 atom stereocenters. The highest BCUT2D eigenvalue weighted by Gasteiger charge is 2.28. The Balaban J connectivity index is 2.08. The van der Waals surface area contributed by atoms with Gasteiger partial charge in [-0.05, 0) is 34.7 Å². The molecule has 1 fully saturated rings. The van der Waals surface area contributed by atoms with E-state index in [4.69, 9.17) is 4.98 Å². The number of piperazine rings is 1. The van der Waals surface area contributed by atoms with Crippen LogP contribution in [0.2, 0.25) is 0 Å². The number of H-pyrrole nitrogens is 1. The summed E-state index contributed by atoms with van der Waals surface area (Å²) < 4.78 is 0. The van der Waals surface area contributed by atoms with E-state index in [2.05, 4.69) is 40.9 Å². The Bertz CT molecular complexity index is 418. The molecule has 5 nitrogen and oxygen atoms in total. The van der Waals surface area contributed by atoms with Crippen molar-refractivity contribution in [1.82, 2.24) is 25.1 Å². The van der Waals surface area contributed by atoms with Crippen LogP contribution >= 0.6 is 0 Å². The van der Waals surface area contributed by atoms with Gasteiger partial charge in [0.15, 0.2) is 0 Å². The average Bonchev–Trinajstić information content (AvgIpc) is 2.75. The molecule has 2 rings (SSSR count). The van der Waals surface area contributed by atoms with E-state index < -0.39 is 0 Å². The standard InChI is InChI=1S/C15H29N5/c1-11(2)19-6-8-20(9-7-19)14(10-16-5)15-12(3)17-13(4)18-15/h11,14,16H,6-10H2,1-5H3,(H,17,18). The average molecular weight is 279 g/mol. The first-order chi connectivity index (χ1) is 9.52. The molecule has 0 aliphatic carbocycles. The molecule has 0 spiro atoms. The van der Waals surface area contributed by atoms with Crippen LogP contribution < -0.4 is 5.32 Å². The second-order valence-electron chi connectivity index (χ2n) is 6.07. The number of nitrogens with zero attached hydrogens (tertiary/aromatic N) is 3. The van der Waals surface area contributed by atoms with Gasteiger partial charge in [-0.2, -0.15) is 0 Å². The molecule has 0 radical (unpaired) electrons. The van der Waals surface area contributed by atoms with Crippen molar-refractivity contribution in [2.45, 2.75) is 39.8 Å². The van der Waals surface area contributed by atoms with Crippen molar-refractivity contribution in [2.75, 3.05) is 39.8 Å². The van der Waals surface area contributed by atoms with Gasteiger partial charge in [0, 0.05) is 44.5 Å². The van der Waals surface area contributed by atoms with Gasteiger partial charge in [0.1, 0.15) is 5.82 Å². The highest BCUT2D eigenvalue weighted by Crippen LogP contribution is 2.23. The molecule has 114 valence electrons. The van der Waals surface area contributed by atoms with Crippen molar-refractivity contribution in [3.8, 4) is 0 Å². The molecule has 20 heavy (non-hydrogen) atoms. The van der Waals surface area contributed by atoms with Gasteiger partial charge in [0.2, 0.25) is 0 Å². The van der Waals surface area contributed by atoms with Crippen LogP contribution in [0.5, 0.6) is 0 Å². The summed E-state index contributed by atoms with van der Waals surface area (Å²) in [6.45, 7) is 14.2. The zero-order valence-electron chi connectivity index (χ0n) is 13.5. The number of hydrogen-bond acceptors (Lipinski definition) is 4. The summed E-state index contributed by atoms with van der Waals surface area (Å²) in [6, 6.07) is 1.02. The second kappa shape index (κ2) is 6.70. The summed E-state index contributed by atoms with van der Waals surface area (Å²) in [5, 5.41) is 3.32. The molecule has 1 aromatic heterocycles. The number of rotatable bonds is 5. The number of nitrogens with one attached hydrogen (secondary N) is 2. The van der Waals surface area contributed by atoms with Crippen molar-refractivity contribution in [2.24, 2.45) is 0 Å². The van der Waals surface area contributed by atoms with Gasteiger partial charge < -0.3 is 10.3 Å². The lowest BCUT2D eigenvalue weighted by atomic mass is 10.1. The van der Waals surface area contributed by atoms with Crippen molar-refractivity contribution in [1.29, 1.82) is 0 Å². The SMILES string of the molecule is CNCC(c1nc(C)[nH]c1C)N1CCN(C(C)C)CC1. The van der Waals surface area contributed by atoms with Crippen molar-refractivity contribution < 1.29 is 0 Å². The number of aromatic nitrogens is 2. The molecular formula is C15H29N5. The van der Waals surface area contributed by atoms with Crippen molar-refractivity contribution in [3.63, 3.8) is 0 Å². The van der Waals surface area contributed by atoms with E-state index in [1.165, 1.54) is 11.4 Å². The van der Waals surface area contributed by atoms with E-state index >= 15 is 0 Å². The zero-order valence-corrected chi connectivity index (χ0v) is 13.5. The van der Waals surface area contributed by atoms with Crippen LogP contribution in [0.15, 0.2) is 0 Å². The maximum atomic E-state index is 4.71. The van der Waals surface area contributed by atoms with E-state index in [0.717, 1.165) is 38.5 Å². The van der Waals surface area contributed by atoms with Crippen LogP contribution in [-0.2, 0) is 0 Å². The Morgan fingerprint density at radius 3 is 2.20 bits per heavy atom. The van der Waals surface area contributed by atoms with Crippen LogP contribution in [0.25, 0.3) is 0 Å². The highest BCUT2D eigenvalue weighted by atomic mass is 15.3. The summed E-state index contributed by atoms with van der Waals surface area (Å²) in [5.41, 5.74) is 2.41. The van der Waals surface area contributed by atoms with Gasteiger partial charge in [-0.3, -0.25) is 9.80 Å². The van der Waals surface area contributed by atoms with E-state index in [0.29, 0.717) is 12.1 Å². The maximum Gasteiger partial charge on any atom is 0.103 e. The van der Waals surface area contributed by atoms with Gasteiger partial charge in [0.05, 0.1) is 11.7 Å². The Hall–Kier alpha value is -0.910. The Morgan fingerprint density at radius 1 is 1.15 bits per heavy atom. The third-order valence-corrected chi connectivity index (χ3v) is 4.27. The van der Waals surface area contributed by atoms with E-state index in [9.17, 15) is 0 Å². The van der Waals surface area contributed by atoms with Crippen LogP contribution in [0.1, 0.15) is 37.1 Å². The minimum Gasteiger partial charge on any atom is -0.346 e. The number of likely N-dealkylation sites (N-methyl/N-ethyl adjacent to an activating group) is 1. The lowest BCUT2D eigenvalue weighted by Crippen LogP contribution is -2.51. The molecule has 0 aromatic carbocycles. The largest absolute Gasteiger partial charge is 0.346 e. The van der Waals surface area contributed by atoms with Crippen LogP contribution in [-0.4, -0.2) is 65.6 Å². The predicted molar refractivity (Wildman–Crippen MR) is 83.0 cm³/mol. The molecule has 1 aliphatic rings. The van der Waals surface area contributed by atoms with E-state index in [1.807, 2.05) is 14.0 Å². The molecule has 1 aromatic rings. The van der Waals surface area contributed by atoms with Gasteiger partial charge in [-0.1, -0.05) is 0 Å². The number of aromatic amines is 1. The summed E-state index contributed by atoms with van der Waals surface area (Å²) >= 11 is 0. The highest BCUT2D eigenvalue weighted by molar-refractivity contribution is 5.17. The summed E-state index contributed by atoms with van der Waals surface area (Å²) in [6.07, 6.45) is 0. The predicted octanol–water partition coefficient (Wildman–Crippen LogP) is 1.31. The van der Waals surface area contributed by atoms with E-state index in [1.54, 1.807) is 0 Å². The molecule has 1 unspecified atom stereocenters. The Labute approximate surface area is 122 Å². The van der Waals surface area contributed by atoms with Crippen molar-refractivity contribution in [3.05, 3.63) is 17.2 Å². The zero-order chi connectivity index (χ0) is 14.7. The van der Waals surface area contributed by atoms with Gasteiger partial charge in [-0.25, -0.2) is 4.98 Å². The number of aryl methyl sites for hydroxylation is 2. The molecule has 1 aliphatic heterocycles. The molecule has 0 saturated carbocycles. The molecule has 2 heterocycles. The topological polar surface area (TPSA) is 47.2 Å². The van der Waals surface area contributed by atoms with Crippen LogP contribution in [0.3, 0.4) is 0 Å². The molecular weight excluding hydrogens is 250 g/mol. The normalized spacial score (nSPS) is 19.7. The van der Waals surface area contributed by atoms with Gasteiger partial charge >= 0.3 is 0 Å². The second-order valence-corrected chi connectivity index (χ2v) is 6.07. The Morgan fingerprint density at radius 2 is 1.75 bits per heavy atom. The summed E-state index contributed by atoms with van der Waals surface area (Å²) in [5.74, 6) is 1.01. The minimum absolute atomic E-state index is 0.374. The quantitative estimate of drug-likeness (QED) is 0.853. The van der Waals surface area contributed by atoms with Crippen molar-refractivity contribution >= 4 is 0 Å². The van der Waals surface area contributed by atoms with Gasteiger partial charge in [0.25, 0.3) is 0 Å². The number of hydrogen-bond donors (Lipinski definition) is 2. The monoisotopic (exact) mass is 279 g/mol. The fraction of sp³-hybridized carbons (Fsp3) is 0.800. The fourth-order valence-corrected chi connectivity index (χ4v) is 3.11. The smallest absolute Gasteiger partial charge is 0.103 e. The third-order valence-electron chi connectivity index (χ3n) is 4.27. The molecule has 5 heteroatoms. The van der Waals surface area contributed by atoms with E-state index in [-0.39, 0.29) is 0 Å². The first-order valence-electron chi connectivity index (χ1n) is 7.68. The fourth-order valence-electron chi connectivity index (χ4n) is 3.11. The Kier molecular flexibility index (Phi) is 5.18. The lowest BCUT2D eigenvalue weighted by Gasteiger charge is -2.40. The minimum atomic E-state index is 0.374. The maximum absolute atomic E-state index is 4.71. The third kappa shape index (κ3) is 3.40.